The minimum Gasteiger partial charge on any atom is -0.276 e. The van der Waals surface area contributed by atoms with Crippen LogP contribution in [0.4, 0.5) is 0 Å². The van der Waals surface area contributed by atoms with Crippen LogP contribution in [0.15, 0.2) is 23.3 Å². The number of hydrogen-bond acceptors (Lipinski definition) is 2. The van der Waals surface area contributed by atoms with Crippen molar-refractivity contribution in [2.75, 3.05) is 0 Å². The van der Waals surface area contributed by atoms with E-state index < -0.39 is 10.5 Å². The summed E-state index contributed by atoms with van der Waals surface area (Å²) in [4.78, 5) is 21.0. The first-order valence-electron chi connectivity index (χ1n) is 3.90. The number of allylic oxidation sites excluding steroid dienone is 4. The maximum Gasteiger partial charge on any atom is 0.248 e. The van der Waals surface area contributed by atoms with Crippen molar-refractivity contribution in [1.29, 1.82) is 0 Å². The number of hydrogen-bond donors (Lipinski definition) is 0. The fourth-order valence-electron chi connectivity index (χ4n) is 0.794. The molecule has 1 rings (SSSR count). The van der Waals surface area contributed by atoms with Crippen molar-refractivity contribution in [2.45, 2.75) is 20.3 Å². The zero-order chi connectivity index (χ0) is 10.4. The van der Waals surface area contributed by atoms with E-state index in [-0.39, 0.29) is 6.42 Å². The van der Waals surface area contributed by atoms with E-state index in [1.165, 1.54) is 12.2 Å². The number of rotatable bonds is 2. The van der Waals surface area contributed by atoms with Crippen molar-refractivity contribution in [3.05, 3.63) is 23.3 Å². The molecule has 0 unspecified atom stereocenters. The highest BCUT2D eigenvalue weighted by atomic mass is 35.5. The fraction of sp³-hybridized carbons (Fsp3) is 0.333. The molecule has 1 aliphatic carbocycles. The van der Waals surface area contributed by atoms with E-state index in [0.29, 0.717) is 11.1 Å². The van der Waals surface area contributed by atoms with Gasteiger partial charge in [-0.15, -0.1) is 0 Å². The van der Waals surface area contributed by atoms with E-state index in [1.54, 1.807) is 0 Å². The van der Waals surface area contributed by atoms with Crippen molar-refractivity contribution in [3.8, 4) is 0 Å². The SMILES string of the molecule is CC.O=C(Cl)C1=CC=C(C(=O)Cl)C1. The minimum absolute atomic E-state index is 0.255. The lowest BCUT2D eigenvalue weighted by Crippen LogP contribution is -1.95. The summed E-state index contributed by atoms with van der Waals surface area (Å²) in [5, 5.41) is -1.07. The molecule has 0 amide bonds. The summed E-state index contributed by atoms with van der Waals surface area (Å²) in [5.74, 6) is 0. The molecule has 0 heterocycles. The van der Waals surface area contributed by atoms with Gasteiger partial charge in [0, 0.05) is 17.6 Å². The van der Waals surface area contributed by atoms with Crippen LogP contribution in [-0.2, 0) is 9.59 Å². The van der Waals surface area contributed by atoms with Gasteiger partial charge >= 0.3 is 0 Å². The lowest BCUT2D eigenvalue weighted by Gasteiger charge is -1.93. The zero-order valence-corrected chi connectivity index (χ0v) is 8.95. The molecule has 0 spiro atoms. The molecule has 0 radical (unpaired) electrons. The van der Waals surface area contributed by atoms with Crippen LogP contribution in [0.25, 0.3) is 0 Å². The average Bonchev–Trinajstić information content (AvgIpc) is 2.56. The predicted molar refractivity (Wildman–Crippen MR) is 53.9 cm³/mol. The number of carbonyl (C=O) groups is 2. The molecular formula is C9H10Cl2O2. The van der Waals surface area contributed by atoms with Crippen LogP contribution < -0.4 is 0 Å². The van der Waals surface area contributed by atoms with Crippen LogP contribution in [0.1, 0.15) is 20.3 Å². The van der Waals surface area contributed by atoms with Gasteiger partial charge in [0.2, 0.25) is 10.5 Å². The molecule has 2 nitrogen and oxygen atoms in total. The molecule has 0 aliphatic heterocycles. The first-order valence-corrected chi connectivity index (χ1v) is 4.66. The third kappa shape index (κ3) is 3.75. The van der Waals surface area contributed by atoms with Crippen LogP contribution in [0.3, 0.4) is 0 Å². The molecule has 72 valence electrons. The Balaban J connectivity index is 0.000000671. The van der Waals surface area contributed by atoms with Gasteiger partial charge in [-0.1, -0.05) is 26.0 Å². The molecule has 0 bridgehead atoms. The zero-order valence-electron chi connectivity index (χ0n) is 7.43. The molecule has 0 fully saturated rings. The second-order valence-electron chi connectivity index (χ2n) is 2.11. The number of carbonyl (C=O) groups excluding carboxylic acids is 2. The van der Waals surface area contributed by atoms with Crippen LogP contribution in [0.5, 0.6) is 0 Å². The van der Waals surface area contributed by atoms with Gasteiger partial charge in [-0.05, 0) is 23.2 Å². The van der Waals surface area contributed by atoms with E-state index in [1.807, 2.05) is 13.8 Å². The number of halogens is 2. The Morgan fingerprint density at radius 2 is 1.38 bits per heavy atom. The smallest absolute Gasteiger partial charge is 0.248 e. The Morgan fingerprint density at radius 1 is 1.08 bits per heavy atom. The van der Waals surface area contributed by atoms with Gasteiger partial charge in [-0.3, -0.25) is 9.59 Å². The Bertz CT molecular complexity index is 249. The summed E-state index contributed by atoms with van der Waals surface area (Å²) in [6.07, 6.45) is 3.26. The third-order valence-electron chi connectivity index (χ3n) is 1.37. The van der Waals surface area contributed by atoms with Gasteiger partial charge in [-0.25, -0.2) is 0 Å². The van der Waals surface area contributed by atoms with Crippen LogP contribution in [0.2, 0.25) is 0 Å². The maximum atomic E-state index is 10.5. The first-order chi connectivity index (χ1) is 6.11. The predicted octanol–water partition coefficient (Wildman–Crippen LogP) is 2.80. The van der Waals surface area contributed by atoms with Crippen LogP contribution in [0, 0.1) is 0 Å². The Hall–Kier alpha value is -0.600. The molecule has 0 atom stereocenters. The normalized spacial score (nSPS) is 13.8. The van der Waals surface area contributed by atoms with Crippen LogP contribution in [-0.4, -0.2) is 10.5 Å². The summed E-state index contributed by atoms with van der Waals surface area (Å²) in [6, 6.07) is 0. The molecule has 0 saturated carbocycles. The lowest BCUT2D eigenvalue weighted by molar-refractivity contribution is -0.108. The van der Waals surface area contributed by atoms with E-state index in [0.717, 1.165) is 0 Å². The van der Waals surface area contributed by atoms with E-state index >= 15 is 0 Å². The van der Waals surface area contributed by atoms with Crippen molar-refractivity contribution in [2.24, 2.45) is 0 Å². The highest BCUT2D eigenvalue weighted by molar-refractivity contribution is 6.69. The second kappa shape index (κ2) is 5.95. The Morgan fingerprint density at radius 3 is 1.54 bits per heavy atom. The average molecular weight is 221 g/mol. The molecule has 0 N–H and O–H groups in total. The van der Waals surface area contributed by atoms with Gasteiger partial charge in [-0.2, -0.15) is 0 Å². The van der Waals surface area contributed by atoms with E-state index in [4.69, 9.17) is 23.2 Å². The van der Waals surface area contributed by atoms with Crippen molar-refractivity contribution in [3.63, 3.8) is 0 Å². The van der Waals surface area contributed by atoms with Crippen molar-refractivity contribution >= 4 is 33.7 Å². The molecule has 1 aliphatic rings. The molecule has 4 heteroatoms. The van der Waals surface area contributed by atoms with Gasteiger partial charge in [0.15, 0.2) is 0 Å². The summed E-state index contributed by atoms with van der Waals surface area (Å²) < 4.78 is 0. The quantitative estimate of drug-likeness (QED) is 0.672. The van der Waals surface area contributed by atoms with Gasteiger partial charge < -0.3 is 0 Å². The second-order valence-corrected chi connectivity index (χ2v) is 2.79. The molecule has 0 aromatic carbocycles. The Labute approximate surface area is 87.2 Å². The Kier molecular flexibility index (Phi) is 5.67. The van der Waals surface area contributed by atoms with Gasteiger partial charge in [0.25, 0.3) is 0 Å². The van der Waals surface area contributed by atoms with Crippen LogP contribution >= 0.6 is 23.2 Å². The summed E-state index contributed by atoms with van der Waals surface area (Å²) >= 11 is 10.3. The van der Waals surface area contributed by atoms with Crippen molar-refractivity contribution in [1.82, 2.24) is 0 Å². The lowest BCUT2D eigenvalue weighted by atomic mass is 10.2. The summed E-state index contributed by atoms with van der Waals surface area (Å²) in [6.45, 7) is 4.00. The monoisotopic (exact) mass is 220 g/mol. The van der Waals surface area contributed by atoms with Crippen molar-refractivity contribution < 1.29 is 9.59 Å². The molecular weight excluding hydrogens is 211 g/mol. The highest BCUT2D eigenvalue weighted by Gasteiger charge is 2.16. The molecule has 0 saturated heterocycles. The largest absolute Gasteiger partial charge is 0.276 e. The molecule has 13 heavy (non-hydrogen) atoms. The highest BCUT2D eigenvalue weighted by Crippen LogP contribution is 2.22. The first kappa shape index (κ1) is 12.4. The minimum atomic E-state index is -0.533. The third-order valence-corrected chi connectivity index (χ3v) is 1.86. The molecule has 0 aromatic heterocycles. The standard InChI is InChI=1S/C7H4Cl2O2.C2H6/c8-6(10)4-1-2-5(3-4)7(9)11;1-2/h1-2H,3H2;1-2H3. The molecule has 0 aromatic rings. The van der Waals surface area contributed by atoms with E-state index in [2.05, 4.69) is 0 Å². The van der Waals surface area contributed by atoms with Gasteiger partial charge in [0.05, 0.1) is 0 Å². The summed E-state index contributed by atoms with van der Waals surface area (Å²) in [5.41, 5.74) is 0.825. The maximum absolute atomic E-state index is 10.5. The topological polar surface area (TPSA) is 34.1 Å². The fourth-order valence-corrected chi connectivity index (χ4v) is 1.05. The van der Waals surface area contributed by atoms with Gasteiger partial charge in [0.1, 0.15) is 0 Å². The summed E-state index contributed by atoms with van der Waals surface area (Å²) in [7, 11) is 0. The van der Waals surface area contributed by atoms with E-state index in [9.17, 15) is 9.59 Å².